The number of aromatic nitrogens is 1. The summed E-state index contributed by atoms with van der Waals surface area (Å²) in [6.07, 6.45) is 6.88. The van der Waals surface area contributed by atoms with Crippen molar-refractivity contribution in [2.45, 2.75) is 76.4 Å². The van der Waals surface area contributed by atoms with Gasteiger partial charge in [-0.3, -0.25) is 14.1 Å². The van der Waals surface area contributed by atoms with Crippen LogP contribution in [0, 0.1) is 5.82 Å². The van der Waals surface area contributed by atoms with E-state index < -0.39 is 27.4 Å². The molecule has 2 N–H and O–H groups in total. The van der Waals surface area contributed by atoms with Crippen LogP contribution in [0.25, 0.3) is 5.57 Å². The molecule has 1 saturated carbocycles. The summed E-state index contributed by atoms with van der Waals surface area (Å²) in [4.78, 5) is 25.6. The van der Waals surface area contributed by atoms with Crippen molar-refractivity contribution in [1.29, 1.82) is 0 Å². The van der Waals surface area contributed by atoms with Crippen LogP contribution < -0.4 is 26.3 Å². The maximum atomic E-state index is 15.3. The molecule has 1 aromatic heterocycles. The van der Waals surface area contributed by atoms with Gasteiger partial charge in [0.25, 0.3) is 5.56 Å². The molecule has 3 aliphatic rings. The molecule has 0 atom stereocenters. The number of ether oxygens (including phenoxy) is 1. The molecule has 0 amide bonds. The summed E-state index contributed by atoms with van der Waals surface area (Å²) in [7, 11) is -0.108. The van der Waals surface area contributed by atoms with Gasteiger partial charge in [0, 0.05) is 42.6 Å². The number of aliphatic imine (C=N–C) groups is 1. The topological polar surface area (TPSA) is 117 Å². The average molecular weight is 657 g/mol. The second-order valence-corrected chi connectivity index (χ2v) is 14.1. The summed E-state index contributed by atoms with van der Waals surface area (Å²) >= 11 is 0. The Labute approximate surface area is 268 Å². The fourth-order valence-electron chi connectivity index (χ4n) is 6.15. The summed E-state index contributed by atoms with van der Waals surface area (Å²) in [6, 6.07) is 7.33. The van der Waals surface area contributed by atoms with Crippen molar-refractivity contribution in [2.24, 2.45) is 9.98 Å². The van der Waals surface area contributed by atoms with Crippen molar-refractivity contribution in [3.05, 3.63) is 92.0 Å². The van der Waals surface area contributed by atoms with Gasteiger partial charge >= 0.3 is 0 Å². The van der Waals surface area contributed by atoms with E-state index in [2.05, 4.69) is 27.0 Å². The molecule has 2 aromatic rings. The normalized spacial score (nSPS) is 21.3. The van der Waals surface area contributed by atoms with Crippen LogP contribution in [0.4, 0.5) is 8.78 Å². The van der Waals surface area contributed by atoms with E-state index in [1.807, 2.05) is 13.8 Å². The lowest BCUT2D eigenvalue weighted by molar-refractivity contribution is 0.119. The standard InChI is InChI=1S/C33H42F2N6O4S/c1-21(2)41-31-24(19-36-33(38-31)37-26-10-12-27(13-11-26)40(3)15-16-45-4)17-28(32(41)42)23-7-14-30(29(35)18-23)39-46(43,44)20-22-5-8-25(34)9-6-22/h5-6,8-9,14,17-18,21,26-27,39H,7,10-13,15-16,19-20H2,1-4H3,(H,36,37). The number of sulfonamides is 1. The zero-order valence-electron chi connectivity index (χ0n) is 26.7. The molecule has 0 saturated heterocycles. The molecule has 1 fully saturated rings. The largest absolute Gasteiger partial charge is 0.383 e. The molecule has 46 heavy (non-hydrogen) atoms. The van der Waals surface area contributed by atoms with Crippen LogP contribution in [-0.2, 0) is 27.1 Å². The summed E-state index contributed by atoms with van der Waals surface area (Å²) in [5.41, 5.74) is 1.60. The van der Waals surface area contributed by atoms with Crippen LogP contribution in [0.3, 0.4) is 0 Å². The number of pyridine rings is 1. The summed E-state index contributed by atoms with van der Waals surface area (Å²) in [6.45, 7) is 5.74. The Morgan fingerprint density at radius 1 is 1.13 bits per heavy atom. The number of likely N-dealkylation sites (N-methyl/N-ethyl adjacent to an activating group) is 1. The fraction of sp³-hybridized carbons (Fsp3) is 0.485. The van der Waals surface area contributed by atoms with E-state index in [0.717, 1.165) is 37.8 Å². The molecular weight excluding hydrogens is 614 g/mol. The maximum Gasteiger partial charge on any atom is 0.259 e. The molecule has 0 radical (unpaired) electrons. The zero-order chi connectivity index (χ0) is 33.0. The molecule has 248 valence electrons. The van der Waals surface area contributed by atoms with Crippen LogP contribution in [-0.4, -0.2) is 63.2 Å². The van der Waals surface area contributed by atoms with Gasteiger partial charge in [0.1, 0.15) is 17.1 Å². The number of nitrogens with one attached hydrogen (secondary N) is 2. The smallest absolute Gasteiger partial charge is 0.259 e. The summed E-state index contributed by atoms with van der Waals surface area (Å²) in [5.74, 6) is -1.20. The first kappa shape index (κ1) is 33.7. The van der Waals surface area contributed by atoms with Crippen molar-refractivity contribution >= 4 is 21.6 Å². The van der Waals surface area contributed by atoms with Gasteiger partial charge in [0.15, 0.2) is 0 Å². The Kier molecular flexibility index (Phi) is 10.5. The highest BCUT2D eigenvalue weighted by Crippen LogP contribution is 2.24. The minimum atomic E-state index is -3.96. The van der Waals surface area contributed by atoms with E-state index in [1.54, 1.807) is 17.7 Å². The second kappa shape index (κ2) is 14.4. The van der Waals surface area contributed by atoms with E-state index in [0.29, 0.717) is 47.0 Å². The predicted molar refractivity (Wildman–Crippen MR) is 174 cm³/mol. The molecule has 13 heteroatoms. The van der Waals surface area contributed by atoms with Crippen molar-refractivity contribution in [2.75, 3.05) is 27.3 Å². The molecule has 2 aliphatic carbocycles. The van der Waals surface area contributed by atoms with E-state index >= 15 is 4.39 Å². The Morgan fingerprint density at radius 2 is 1.85 bits per heavy atom. The lowest BCUT2D eigenvalue weighted by Crippen LogP contribution is -2.49. The third-order valence-electron chi connectivity index (χ3n) is 8.68. The van der Waals surface area contributed by atoms with Crippen molar-refractivity contribution in [1.82, 2.24) is 19.5 Å². The Morgan fingerprint density at radius 3 is 2.50 bits per heavy atom. The molecule has 10 nitrogen and oxygen atoms in total. The second-order valence-electron chi connectivity index (χ2n) is 12.4. The number of nitrogens with zero attached hydrogens (tertiary/aromatic N) is 4. The fourth-order valence-corrected chi connectivity index (χ4v) is 7.37. The number of hydrogen-bond donors (Lipinski definition) is 2. The third-order valence-corrected chi connectivity index (χ3v) is 9.92. The van der Waals surface area contributed by atoms with E-state index in [-0.39, 0.29) is 29.8 Å². The van der Waals surface area contributed by atoms with Crippen molar-refractivity contribution in [3.8, 4) is 0 Å². The number of methoxy groups -OCH3 is 1. The predicted octanol–water partition coefficient (Wildman–Crippen LogP) is 2.95. The monoisotopic (exact) mass is 656 g/mol. The van der Waals surface area contributed by atoms with E-state index in [9.17, 15) is 17.6 Å². The molecule has 2 heterocycles. The highest BCUT2D eigenvalue weighted by Gasteiger charge is 2.26. The van der Waals surface area contributed by atoms with Crippen molar-refractivity contribution < 1.29 is 21.9 Å². The van der Waals surface area contributed by atoms with Crippen LogP contribution in [0.2, 0.25) is 0 Å². The molecule has 0 bridgehead atoms. The minimum Gasteiger partial charge on any atom is -0.383 e. The number of allylic oxidation sites excluding steroid dienone is 3. The Balaban J connectivity index is 1.33. The lowest BCUT2D eigenvalue weighted by Gasteiger charge is -2.35. The Bertz CT molecular complexity index is 1830. The first-order valence-corrected chi connectivity index (χ1v) is 17.3. The van der Waals surface area contributed by atoms with Gasteiger partial charge in [0.2, 0.25) is 16.0 Å². The number of halogens is 2. The molecule has 0 spiro atoms. The number of benzene rings is 1. The summed E-state index contributed by atoms with van der Waals surface area (Å²) in [5, 5.41) is 3.82. The van der Waals surface area contributed by atoms with Crippen molar-refractivity contribution in [3.63, 3.8) is 0 Å². The maximum absolute atomic E-state index is 15.3. The molecule has 1 aliphatic heterocycles. The van der Waals surface area contributed by atoms with Gasteiger partial charge in [-0.25, -0.2) is 22.2 Å². The first-order chi connectivity index (χ1) is 21.9. The summed E-state index contributed by atoms with van der Waals surface area (Å²) < 4.78 is 62.9. The van der Waals surface area contributed by atoms with Gasteiger partial charge in [-0.15, -0.1) is 0 Å². The van der Waals surface area contributed by atoms with Crippen LogP contribution >= 0.6 is 0 Å². The Hall–Kier alpha value is -3.68. The number of hydrogen-bond acceptors (Lipinski definition) is 8. The highest BCUT2D eigenvalue weighted by atomic mass is 32.2. The van der Waals surface area contributed by atoms with E-state index in [1.165, 1.54) is 36.4 Å². The van der Waals surface area contributed by atoms with E-state index in [4.69, 9.17) is 9.73 Å². The molecular formula is C33H42F2N6O4S. The number of guanidine groups is 1. The molecule has 5 rings (SSSR count). The molecule has 0 unspecified atom stereocenters. The van der Waals surface area contributed by atoms with Crippen LogP contribution in [0.15, 0.2) is 68.8 Å². The lowest BCUT2D eigenvalue weighted by atomic mass is 9.90. The molecule has 1 aromatic carbocycles. The van der Waals surface area contributed by atoms with Gasteiger partial charge in [-0.1, -0.05) is 18.2 Å². The third kappa shape index (κ3) is 7.99. The average Bonchev–Trinajstić information content (AvgIpc) is 3.01. The van der Waals surface area contributed by atoms with Gasteiger partial charge in [0.05, 0.1) is 24.6 Å². The van der Waals surface area contributed by atoms with Gasteiger partial charge < -0.3 is 15.0 Å². The zero-order valence-corrected chi connectivity index (χ0v) is 27.5. The van der Waals surface area contributed by atoms with Gasteiger partial charge in [-0.05, 0) is 88.4 Å². The van der Waals surface area contributed by atoms with Crippen LogP contribution in [0.5, 0.6) is 0 Å². The number of rotatable bonds is 10. The highest BCUT2D eigenvalue weighted by molar-refractivity contribution is 7.88. The van der Waals surface area contributed by atoms with Gasteiger partial charge in [-0.2, -0.15) is 4.99 Å². The first-order valence-electron chi connectivity index (χ1n) is 15.6. The van der Waals surface area contributed by atoms with Crippen LogP contribution in [0.1, 0.15) is 63.1 Å². The SMILES string of the molecule is COCCN(C)C1CCC(NC2=NCc3cc(=C4C=C(F)C(NS(=O)(=O)Cc5ccc(F)cc5)=CC4)c(=O)n(C(C)C)c3=N2)CC1. The quantitative estimate of drug-likeness (QED) is 0.407. The number of fused-ring (bicyclic) bond motifs is 1. The minimum absolute atomic E-state index is 0.143.